The lowest BCUT2D eigenvalue weighted by molar-refractivity contribution is -0.0466. The van der Waals surface area contributed by atoms with Crippen LogP contribution < -0.4 is 16.1 Å². The van der Waals surface area contributed by atoms with Gasteiger partial charge in [-0.05, 0) is 57.0 Å². The number of nitrogen functional groups attached to an aromatic ring is 1. The minimum atomic E-state index is -2.93. The van der Waals surface area contributed by atoms with Gasteiger partial charge in [-0.1, -0.05) is 81.4 Å². The van der Waals surface area contributed by atoms with E-state index in [9.17, 15) is 0 Å². The molecular weight excluding hydrogens is 617 g/mol. The van der Waals surface area contributed by atoms with E-state index in [1.165, 1.54) is 16.7 Å². The molecule has 3 atom stereocenters. The van der Waals surface area contributed by atoms with E-state index >= 15 is 0 Å². The van der Waals surface area contributed by atoms with Gasteiger partial charge in [-0.2, -0.15) is 0 Å². The van der Waals surface area contributed by atoms with Crippen molar-refractivity contribution in [2.75, 3.05) is 12.3 Å². The first-order chi connectivity index (χ1) is 21.6. The molecule has 2 aromatic heterocycles. The van der Waals surface area contributed by atoms with Crippen molar-refractivity contribution >= 4 is 44.3 Å². The molecule has 3 heterocycles. The van der Waals surface area contributed by atoms with Crippen molar-refractivity contribution in [1.82, 2.24) is 19.5 Å². The molecule has 0 radical (unpaired) electrons. The Balaban J connectivity index is 1.55. The first kappa shape index (κ1) is 34.6. The monoisotopic (exact) mass is 665 g/mol. The first-order valence-corrected chi connectivity index (χ1v) is 18.8. The average molecular weight is 666 g/mol. The highest BCUT2D eigenvalue weighted by atomic mass is 31.2. The molecule has 5 rings (SSSR count). The number of hydrogen-bond acceptors (Lipinski definition) is 9. The molecule has 10 nitrogen and oxygen atoms in total. The SMILES string of the molecule is CC(C)(C)OP(OC[C@H]1O[C@@H](n2cnc3c(N)ncnc32)C[C@@H]1O[Si](c1ccccc1)(c1ccccc1)C(C)(C)C)OC(C)(C)C. The van der Waals surface area contributed by atoms with Gasteiger partial charge >= 0.3 is 8.60 Å². The molecule has 46 heavy (non-hydrogen) atoms. The number of anilines is 1. The zero-order valence-corrected chi connectivity index (χ0v) is 30.3. The van der Waals surface area contributed by atoms with Gasteiger partial charge in [0.15, 0.2) is 11.5 Å². The van der Waals surface area contributed by atoms with Crippen molar-refractivity contribution in [1.29, 1.82) is 0 Å². The zero-order chi connectivity index (χ0) is 33.3. The van der Waals surface area contributed by atoms with Gasteiger partial charge in [0.2, 0.25) is 0 Å². The molecule has 0 saturated carbocycles. The Kier molecular flexibility index (Phi) is 10.1. The van der Waals surface area contributed by atoms with Crippen molar-refractivity contribution < 1.29 is 22.7 Å². The molecule has 2 aromatic carbocycles. The van der Waals surface area contributed by atoms with Crippen LogP contribution in [0.4, 0.5) is 5.82 Å². The Morgan fingerprint density at radius 3 is 1.93 bits per heavy atom. The molecule has 1 aliphatic rings. The summed E-state index contributed by atoms with van der Waals surface area (Å²) in [4.78, 5) is 13.1. The van der Waals surface area contributed by atoms with Gasteiger partial charge < -0.3 is 28.5 Å². The molecule has 12 heteroatoms. The third-order valence-electron chi connectivity index (χ3n) is 7.66. The van der Waals surface area contributed by atoms with Gasteiger partial charge in [0.25, 0.3) is 8.32 Å². The number of fused-ring (bicyclic) bond motifs is 1. The van der Waals surface area contributed by atoms with Gasteiger partial charge in [-0.15, -0.1) is 0 Å². The van der Waals surface area contributed by atoms with Crippen molar-refractivity contribution in [3.8, 4) is 0 Å². The summed E-state index contributed by atoms with van der Waals surface area (Å²) in [6.45, 7) is 19.0. The number of hydrogen-bond donors (Lipinski definition) is 1. The standard InChI is InChI=1S/C34H48N5O5PSi/c1-32(2,3)43-45(44-33(4,5)6)40-21-27-26(20-28(41-27)39-23-38-29-30(35)36-22-37-31(29)39)42-46(34(7,8)9,24-16-12-10-13-17-24)25-18-14-11-15-19-25/h10-19,22-23,26-28H,20-21H2,1-9H3,(H2,35,36,37)/t26-,27+,28+/m0/s1. The Morgan fingerprint density at radius 2 is 1.41 bits per heavy atom. The molecule has 4 aromatic rings. The van der Waals surface area contributed by atoms with Gasteiger partial charge in [0.1, 0.15) is 24.2 Å². The number of benzene rings is 2. The van der Waals surface area contributed by atoms with Crippen LogP contribution in [0.2, 0.25) is 5.04 Å². The summed E-state index contributed by atoms with van der Waals surface area (Å²) in [6.07, 6.45) is 2.50. The smallest absolute Gasteiger partial charge is 0.333 e. The highest BCUT2D eigenvalue weighted by molar-refractivity contribution is 7.41. The van der Waals surface area contributed by atoms with Crippen molar-refractivity contribution in [3.63, 3.8) is 0 Å². The van der Waals surface area contributed by atoms with Crippen LogP contribution in [0.25, 0.3) is 11.2 Å². The molecule has 0 unspecified atom stereocenters. The second-order valence-electron chi connectivity index (χ2n) is 14.7. The molecule has 0 amide bonds. The minimum absolute atomic E-state index is 0.209. The van der Waals surface area contributed by atoms with Crippen LogP contribution in [0.3, 0.4) is 0 Å². The number of aromatic nitrogens is 4. The van der Waals surface area contributed by atoms with Crippen LogP contribution in [0.1, 0.15) is 75.0 Å². The van der Waals surface area contributed by atoms with E-state index in [0.29, 0.717) is 23.4 Å². The quantitative estimate of drug-likeness (QED) is 0.149. The second kappa shape index (κ2) is 13.4. The molecule has 1 aliphatic heterocycles. The third-order valence-corrected chi connectivity index (χ3v) is 14.5. The maximum Gasteiger partial charge on any atom is 0.333 e. The van der Waals surface area contributed by atoms with Crippen LogP contribution >= 0.6 is 8.60 Å². The molecule has 0 aliphatic carbocycles. The van der Waals surface area contributed by atoms with Crippen LogP contribution in [0, 0.1) is 0 Å². The third kappa shape index (κ3) is 7.68. The fourth-order valence-electron chi connectivity index (χ4n) is 5.80. The van der Waals surface area contributed by atoms with Gasteiger partial charge in [-0.3, -0.25) is 4.57 Å². The van der Waals surface area contributed by atoms with E-state index in [0.717, 1.165) is 0 Å². The van der Waals surface area contributed by atoms with Crippen LogP contribution in [0.15, 0.2) is 73.3 Å². The van der Waals surface area contributed by atoms with E-state index in [-0.39, 0.29) is 17.7 Å². The van der Waals surface area contributed by atoms with Crippen LogP contribution in [0.5, 0.6) is 0 Å². The summed E-state index contributed by atoms with van der Waals surface area (Å²) in [6, 6.07) is 21.2. The Bertz CT molecular complexity index is 1530. The fraction of sp³-hybridized carbons (Fsp3) is 0.500. The molecule has 0 bridgehead atoms. The van der Waals surface area contributed by atoms with Crippen molar-refractivity contribution in [2.45, 2.75) is 103 Å². The summed E-state index contributed by atoms with van der Waals surface area (Å²) in [5.74, 6) is 0.325. The maximum atomic E-state index is 7.61. The number of imidazole rings is 1. The van der Waals surface area contributed by atoms with Crippen molar-refractivity contribution in [2.24, 2.45) is 0 Å². The normalized spacial score (nSPS) is 19.7. The summed E-state index contributed by atoms with van der Waals surface area (Å²) in [5.41, 5.74) is 6.35. The number of ether oxygens (including phenoxy) is 1. The Morgan fingerprint density at radius 1 is 0.848 bits per heavy atom. The van der Waals surface area contributed by atoms with Crippen molar-refractivity contribution in [3.05, 3.63) is 73.3 Å². The van der Waals surface area contributed by atoms with E-state index < -0.39 is 40.5 Å². The van der Waals surface area contributed by atoms with Crippen LogP contribution in [-0.4, -0.2) is 57.9 Å². The number of nitrogens with zero attached hydrogens (tertiary/aromatic N) is 4. The summed E-state index contributed by atoms with van der Waals surface area (Å²) >= 11 is 0. The number of rotatable bonds is 10. The Hall–Kier alpha value is -2.76. The molecule has 0 spiro atoms. The molecule has 1 saturated heterocycles. The number of nitrogens with two attached hydrogens (primary N) is 1. The second-order valence-corrected chi connectivity index (χ2v) is 20.0. The first-order valence-electron chi connectivity index (χ1n) is 15.8. The molecule has 2 N–H and O–H groups in total. The lowest BCUT2D eigenvalue weighted by Gasteiger charge is -2.45. The topological polar surface area (TPSA) is 116 Å². The van der Waals surface area contributed by atoms with Crippen LogP contribution in [-0.2, 0) is 22.7 Å². The molecule has 1 fully saturated rings. The fourth-order valence-corrected chi connectivity index (χ4v) is 11.8. The average Bonchev–Trinajstić information content (AvgIpc) is 3.58. The highest BCUT2D eigenvalue weighted by Gasteiger charge is 2.54. The lowest BCUT2D eigenvalue weighted by Crippen LogP contribution is -2.68. The summed E-state index contributed by atoms with van der Waals surface area (Å²) in [7, 11) is -4.62. The predicted octanol–water partition coefficient (Wildman–Crippen LogP) is 6.51. The van der Waals surface area contributed by atoms with E-state index in [1.807, 2.05) is 58.2 Å². The van der Waals surface area contributed by atoms with E-state index in [1.54, 1.807) is 6.33 Å². The molecular formula is C34H48N5O5PSi. The van der Waals surface area contributed by atoms with Gasteiger partial charge in [0, 0.05) is 6.42 Å². The van der Waals surface area contributed by atoms with Gasteiger partial charge in [-0.25, -0.2) is 15.0 Å². The maximum absolute atomic E-state index is 7.61. The predicted molar refractivity (Wildman–Crippen MR) is 185 cm³/mol. The van der Waals surface area contributed by atoms with Gasteiger partial charge in [0.05, 0.1) is 30.2 Å². The zero-order valence-electron chi connectivity index (χ0n) is 28.4. The summed E-state index contributed by atoms with van der Waals surface area (Å²) < 4.78 is 35.3. The molecule has 248 valence electrons. The largest absolute Gasteiger partial charge is 0.402 e. The summed E-state index contributed by atoms with van der Waals surface area (Å²) in [5, 5.41) is 2.17. The minimum Gasteiger partial charge on any atom is -0.402 e. The lowest BCUT2D eigenvalue weighted by atomic mass is 10.2. The van der Waals surface area contributed by atoms with E-state index in [4.69, 9.17) is 28.5 Å². The highest BCUT2D eigenvalue weighted by Crippen LogP contribution is 2.49. The Labute approximate surface area is 275 Å². The van der Waals surface area contributed by atoms with E-state index in [2.05, 4.69) is 84.3 Å².